The number of hydrogen-bond acceptors (Lipinski definition) is 5. The average Bonchev–Trinajstić information content (AvgIpc) is 3.25. The number of nitrogens with zero attached hydrogens (tertiary/aromatic N) is 5. The van der Waals surface area contributed by atoms with Crippen LogP contribution in [0.15, 0.2) is 176 Å². The Kier molecular flexibility index (Phi) is 6.79. The number of aromatic nitrogens is 5. The van der Waals surface area contributed by atoms with E-state index in [9.17, 15) is 0 Å². The molecule has 11 rings (SSSR count). The minimum Gasteiger partial charge on any atom is -0.256 e. The maximum absolute atomic E-state index is 5.22. The van der Waals surface area contributed by atoms with Crippen molar-refractivity contribution in [3.05, 3.63) is 176 Å². The summed E-state index contributed by atoms with van der Waals surface area (Å²) in [7, 11) is 0. The molecule has 5 nitrogen and oxygen atoms in total. The first-order chi connectivity index (χ1) is 26.7. The third kappa shape index (κ3) is 5.06. The second-order valence-corrected chi connectivity index (χ2v) is 13.7. The molecule has 0 aliphatic heterocycles. The van der Waals surface area contributed by atoms with E-state index in [0.29, 0.717) is 0 Å². The molecule has 0 saturated heterocycles. The van der Waals surface area contributed by atoms with Crippen LogP contribution < -0.4 is 0 Å². The molecule has 0 radical (unpaired) electrons. The lowest BCUT2D eigenvalue weighted by Gasteiger charge is -2.11. The van der Waals surface area contributed by atoms with Crippen LogP contribution >= 0.6 is 0 Å². The van der Waals surface area contributed by atoms with Crippen molar-refractivity contribution >= 4 is 65.3 Å². The van der Waals surface area contributed by atoms with Crippen molar-refractivity contribution in [2.24, 2.45) is 0 Å². The molecule has 5 heterocycles. The molecule has 250 valence electrons. The average molecular weight is 688 g/mol. The highest BCUT2D eigenvalue weighted by Gasteiger charge is 2.13. The smallest absolute Gasteiger partial charge is 0.0973 e. The van der Waals surface area contributed by atoms with Gasteiger partial charge in [-0.1, -0.05) is 121 Å². The van der Waals surface area contributed by atoms with Gasteiger partial charge in [-0.3, -0.25) is 4.98 Å². The lowest BCUT2D eigenvalue weighted by atomic mass is 9.97. The molecule has 0 unspecified atom stereocenters. The van der Waals surface area contributed by atoms with Gasteiger partial charge >= 0.3 is 0 Å². The molecular weight excluding hydrogens is 659 g/mol. The van der Waals surface area contributed by atoms with Crippen molar-refractivity contribution in [1.82, 2.24) is 24.9 Å². The van der Waals surface area contributed by atoms with Gasteiger partial charge in [-0.2, -0.15) is 0 Å². The Balaban J connectivity index is 0.984. The lowest BCUT2D eigenvalue weighted by Crippen LogP contribution is -1.93. The van der Waals surface area contributed by atoms with Crippen LogP contribution in [0, 0.1) is 0 Å². The van der Waals surface area contributed by atoms with E-state index >= 15 is 0 Å². The summed E-state index contributed by atoms with van der Waals surface area (Å²) in [5.74, 6) is 0. The van der Waals surface area contributed by atoms with Gasteiger partial charge in [0, 0.05) is 49.6 Å². The van der Waals surface area contributed by atoms with Gasteiger partial charge in [0.15, 0.2) is 0 Å². The molecule has 0 fully saturated rings. The van der Waals surface area contributed by atoms with Gasteiger partial charge in [-0.25, -0.2) is 19.9 Å². The zero-order chi connectivity index (χ0) is 35.6. The van der Waals surface area contributed by atoms with Crippen molar-refractivity contribution in [3.63, 3.8) is 0 Å². The van der Waals surface area contributed by atoms with Crippen LogP contribution in [0.2, 0.25) is 0 Å². The topological polar surface area (TPSA) is 64.5 Å². The Labute approximate surface area is 310 Å². The molecule has 0 aliphatic rings. The summed E-state index contributed by atoms with van der Waals surface area (Å²) >= 11 is 0. The molecule has 0 atom stereocenters. The first-order valence-electron chi connectivity index (χ1n) is 18.1. The minimum atomic E-state index is 0.814. The maximum atomic E-state index is 5.22. The van der Waals surface area contributed by atoms with Gasteiger partial charge in [-0.05, 0) is 65.0 Å². The van der Waals surface area contributed by atoms with Gasteiger partial charge in [-0.15, -0.1) is 0 Å². The molecule has 0 bridgehead atoms. The summed E-state index contributed by atoms with van der Waals surface area (Å²) in [5.41, 5.74) is 12.5. The second kappa shape index (κ2) is 12.1. The summed E-state index contributed by atoms with van der Waals surface area (Å²) in [6, 6.07) is 59.1. The SMILES string of the molecule is c1ccc(-c2ccc3ccc4ccc(-c5ccc6ccc(-c7ccc8ccc(-c9cc%10cccnc%10c%10ccccc9%10)nc8c7)cc6n5)nc4c3n2)cc1. The van der Waals surface area contributed by atoms with Gasteiger partial charge in [0.1, 0.15) is 0 Å². The molecule has 11 aromatic rings. The normalized spacial score (nSPS) is 11.7. The van der Waals surface area contributed by atoms with E-state index < -0.39 is 0 Å². The van der Waals surface area contributed by atoms with Crippen molar-refractivity contribution < 1.29 is 0 Å². The summed E-state index contributed by atoms with van der Waals surface area (Å²) in [5, 5.41) is 7.65. The number of fused-ring (bicyclic) bond motifs is 8. The molecular formula is C49H29N5. The first-order valence-corrected chi connectivity index (χ1v) is 18.1. The Morgan fingerprint density at radius 3 is 1.56 bits per heavy atom. The Hall–Kier alpha value is -7.37. The molecule has 54 heavy (non-hydrogen) atoms. The highest BCUT2D eigenvalue weighted by molar-refractivity contribution is 6.12. The van der Waals surface area contributed by atoms with Crippen molar-refractivity contribution in [2.45, 2.75) is 0 Å². The van der Waals surface area contributed by atoms with Crippen molar-refractivity contribution in [2.75, 3.05) is 0 Å². The molecule has 6 aromatic carbocycles. The van der Waals surface area contributed by atoms with Crippen molar-refractivity contribution in [1.29, 1.82) is 0 Å². The van der Waals surface area contributed by atoms with Gasteiger partial charge in [0.25, 0.3) is 0 Å². The van der Waals surface area contributed by atoms with E-state index in [1.807, 2.05) is 30.5 Å². The van der Waals surface area contributed by atoms with Crippen LogP contribution in [0.4, 0.5) is 0 Å². The largest absolute Gasteiger partial charge is 0.256 e. The Morgan fingerprint density at radius 1 is 0.296 bits per heavy atom. The van der Waals surface area contributed by atoms with E-state index in [1.54, 1.807) is 0 Å². The quantitative estimate of drug-likeness (QED) is 0.172. The van der Waals surface area contributed by atoms with E-state index in [0.717, 1.165) is 110 Å². The number of rotatable bonds is 4. The fourth-order valence-electron chi connectivity index (χ4n) is 7.70. The maximum Gasteiger partial charge on any atom is 0.0973 e. The first kappa shape index (κ1) is 30.3. The molecule has 5 aromatic heterocycles. The lowest BCUT2D eigenvalue weighted by molar-refractivity contribution is 1.31. The fraction of sp³-hybridized carbons (Fsp3) is 0. The van der Waals surface area contributed by atoms with Crippen LogP contribution in [-0.2, 0) is 0 Å². The summed E-state index contributed by atoms with van der Waals surface area (Å²) < 4.78 is 0. The van der Waals surface area contributed by atoms with Gasteiger partial charge < -0.3 is 0 Å². The molecule has 0 N–H and O–H groups in total. The third-order valence-corrected chi connectivity index (χ3v) is 10.5. The zero-order valence-electron chi connectivity index (χ0n) is 29.0. The third-order valence-electron chi connectivity index (χ3n) is 10.5. The second-order valence-electron chi connectivity index (χ2n) is 13.7. The zero-order valence-corrected chi connectivity index (χ0v) is 29.0. The van der Waals surface area contributed by atoms with Crippen LogP contribution in [0.25, 0.3) is 110 Å². The predicted octanol–water partition coefficient (Wildman–Crippen LogP) is 12.2. The summed E-state index contributed by atoms with van der Waals surface area (Å²) in [6.45, 7) is 0. The standard InChI is InChI=1S/C49H29N5/c1-2-7-30(8-3-1)41-22-20-33-14-15-34-21-25-44(54-49(34)48(33)53-41)43-24-19-32-13-17-36(29-46(32)52-43)35-16-12-31-18-23-42(51-45(31)28-35)40-27-37-9-6-26-50-47(37)39-11-5-4-10-38(39)40/h1-29H. The minimum absolute atomic E-state index is 0.814. The highest BCUT2D eigenvalue weighted by atomic mass is 14.8. The van der Waals surface area contributed by atoms with Crippen LogP contribution in [0.1, 0.15) is 0 Å². The number of pyridine rings is 5. The fourth-order valence-corrected chi connectivity index (χ4v) is 7.70. The van der Waals surface area contributed by atoms with Crippen molar-refractivity contribution in [3.8, 4) is 45.0 Å². The predicted molar refractivity (Wildman–Crippen MR) is 222 cm³/mol. The Morgan fingerprint density at radius 2 is 0.833 bits per heavy atom. The summed E-state index contributed by atoms with van der Waals surface area (Å²) in [6.07, 6.45) is 1.86. The number of benzene rings is 6. The molecule has 0 saturated carbocycles. The van der Waals surface area contributed by atoms with E-state index in [2.05, 4.69) is 151 Å². The molecule has 5 heteroatoms. The Bertz CT molecular complexity index is 3280. The molecule has 0 spiro atoms. The molecule has 0 aliphatic carbocycles. The van der Waals surface area contributed by atoms with E-state index in [4.69, 9.17) is 19.9 Å². The van der Waals surface area contributed by atoms with E-state index in [-0.39, 0.29) is 0 Å². The van der Waals surface area contributed by atoms with Crippen LogP contribution in [-0.4, -0.2) is 24.9 Å². The van der Waals surface area contributed by atoms with E-state index in [1.165, 1.54) is 0 Å². The number of hydrogen-bond donors (Lipinski definition) is 0. The van der Waals surface area contributed by atoms with Crippen LogP contribution in [0.3, 0.4) is 0 Å². The van der Waals surface area contributed by atoms with Gasteiger partial charge in [0.05, 0.1) is 50.4 Å². The molecule has 0 amide bonds. The summed E-state index contributed by atoms with van der Waals surface area (Å²) in [4.78, 5) is 25.3. The monoisotopic (exact) mass is 687 g/mol. The van der Waals surface area contributed by atoms with Gasteiger partial charge in [0.2, 0.25) is 0 Å². The van der Waals surface area contributed by atoms with Crippen LogP contribution in [0.5, 0.6) is 0 Å². The highest BCUT2D eigenvalue weighted by Crippen LogP contribution is 2.35.